The van der Waals surface area contributed by atoms with Gasteiger partial charge in [-0.25, -0.2) is 0 Å². The maximum Gasteiger partial charge on any atom is 0.251 e. The summed E-state index contributed by atoms with van der Waals surface area (Å²) in [6.07, 6.45) is 0.338. The first-order valence-electron chi connectivity index (χ1n) is 9.84. The minimum Gasteiger partial charge on any atom is -0.368 e. The molecule has 4 rings (SSSR count). The van der Waals surface area contributed by atoms with E-state index < -0.39 is 11.9 Å². The van der Waals surface area contributed by atoms with Gasteiger partial charge in [-0.1, -0.05) is 84.9 Å². The Labute approximate surface area is 175 Å². The van der Waals surface area contributed by atoms with Crippen molar-refractivity contribution in [3.63, 3.8) is 0 Å². The molecule has 3 N–H and O–H groups in total. The van der Waals surface area contributed by atoms with Crippen LogP contribution in [0.2, 0.25) is 0 Å². The summed E-state index contributed by atoms with van der Waals surface area (Å²) in [5.41, 5.74) is 9.16. The van der Waals surface area contributed by atoms with E-state index in [-0.39, 0.29) is 5.91 Å². The highest BCUT2D eigenvalue weighted by molar-refractivity contribution is 5.98. The van der Waals surface area contributed by atoms with E-state index in [9.17, 15) is 9.59 Å². The predicted molar refractivity (Wildman–Crippen MR) is 120 cm³/mol. The molecule has 0 aliphatic carbocycles. The molecule has 0 unspecified atom stereocenters. The van der Waals surface area contributed by atoms with Crippen LogP contribution in [0.5, 0.6) is 0 Å². The zero-order chi connectivity index (χ0) is 20.9. The van der Waals surface area contributed by atoms with Gasteiger partial charge in [0.15, 0.2) is 0 Å². The molecule has 4 heteroatoms. The van der Waals surface area contributed by atoms with Crippen LogP contribution in [0.15, 0.2) is 97.1 Å². The highest BCUT2D eigenvalue weighted by atomic mass is 16.2. The Balaban J connectivity index is 1.52. The van der Waals surface area contributed by atoms with Crippen molar-refractivity contribution in [1.82, 2.24) is 5.32 Å². The van der Waals surface area contributed by atoms with Crippen molar-refractivity contribution in [2.24, 2.45) is 5.73 Å². The summed E-state index contributed by atoms with van der Waals surface area (Å²) in [6.45, 7) is 0. The van der Waals surface area contributed by atoms with Crippen LogP contribution in [-0.4, -0.2) is 17.9 Å². The normalized spacial score (nSPS) is 11.7. The molecule has 0 bridgehead atoms. The summed E-state index contributed by atoms with van der Waals surface area (Å²) < 4.78 is 0. The largest absolute Gasteiger partial charge is 0.368 e. The third-order valence-corrected chi connectivity index (χ3v) is 5.21. The summed E-state index contributed by atoms with van der Waals surface area (Å²) in [5.74, 6) is -0.879. The van der Waals surface area contributed by atoms with Gasteiger partial charge in [0.1, 0.15) is 6.04 Å². The molecule has 0 radical (unpaired) electrons. The zero-order valence-corrected chi connectivity index (χ0v) is 16.4. The second-order valence-electron chi connectivity index (χ2n) is 7.21. The first kappa shape index (κ1) is 19.4. The van der Waals surface area contributed by atoms with Gasteiger partial charge in [-0.15, -0.1) is 0 Å². The Morgan fingerprint density at radius 1 is 0.733 bits per heavy atom. The summed E-state index contributed by atoms with van der Waals surface area (Å²) in [6, 6.07) is 30.3. The van der Waals surface area contributed by atoms with Crippen molar-refractivity contribution in [3.8, 4) is 11.1 Å². The molecule has 0 fully saturated rings. The van der Waals surface area contributed by atoms with Gasteiger partial charge in [0, 0.05) is 12.0 Å². The molecule has 1 atom stereocenters. The summed E-state index contributed by atoms with van der Waals surface area (Å²) in [7, 11) is 0. The molecule has 0 saturated carbocycles. The Morgan fingerprint density at radius 2 is 1.37 bits per heavy atom. The van der Waals surface area contributed by atoms with Gasteiger partial charge < -0.3 is 11.1 Å². The molecule has 0 saturated heterocycles. The fraction of sp³-hybridized carbons (Fsp3) is 0.0769. The van der Waals surface area contributed by atoms with E-state index >= 15 is 0 Å². The number of hydrogen-bond donors (Lipinski definition) is 2. The van der Waals surface area contributed by atoms with Gasteiger partial charge in [0.25, 0.3) is 5.91 Å². The summed E-state index contributed by atoms with van der Waals surface area (Å²) in [5, 5.41) is 4.92. The quantitative estimate of drug-likeness (QED) is 0.511. The van der Waals surface area contributed by atoms with E-state index in [1.54, 1.807) is 12.1 Å². The van der Waals surface area contributed by atoms with E-state index in [4.69, 9.17) is 5.73 Å². The summed E-state index contributed by atoms with van der Waals surface area (Å²) in [4.78, 5) is 24.8. The molecule has 4 nitrogen and oxygen atoms in total. The number of nitrogens with two attached hydrogens (primary N) is 1. The van der Waals surface area contributed by atoms with E-state index in [0.717, 1.165) is 27.5 Å². The fourth-order valence-corrected chi connectivity index (χ4v) is 3.60. The second-order valence-corrected chi connectivity index (χ2v) is 7.21. The number of carbonyl (C=O) groups is 2. The fourth-order valence-electron chi connectivity index (χ4n) is 3.60. The number of benzene rings is 4. The number of nitrogens with one attached hydrogen (secondary N) is 1. The van der Waals surface area contributed by atoms with Gasteiger partial charge in [-0.2, -0.15) is 0 Å². The first-order valence-corrected chi connectivity index (χ1v) is 9.84. The minimum atomic E-state index is -0.794. The average Bonchev–Trinajstić information content (AvgIpc) is 2.79. The number of rotatable bonds is 6. The number of primary amides is 1. The second kappa shape index (κ2) is 8.62. The number of hydrogen-bond acceptors (Lipinski definition) is 2. The Morgan fingerprint density at radius 3 is 2.10 bits per heavy atom. The average molecular weight is 394 g/mol. The van der Waals surface area contributed by atoms with Crippen LogP contribution in [-0.2, 0) is 11.2 Å². The van der Waals surface area contributed by atoms with Crippen LogP contribution in [0.3, 0.4) is 0 Å². The molecular weight excluding hydrogens is 372 g/mol. The number of amides is 2. The highest BCUT2D eigenvalue weighted by Gasteiger charge is 2.20. The van der Waals surface area contributed by atoms with E-state index in [1.165, 1.54) is 0 Å². The maximum absolute atomic E-state index is 12.7. The molecule has 4 aromatic rings. The smallest absolute Gasteiger partial charge is 0.251 e. The molecule has 148 valence electrons. The zero-order valence-electron chi connectivity index (χ0n) is 16.4. The minimum absolute atomic E-state index is 0.321. The van der Waals surface area contributed by atoms with E-state index in [2.05, 4.69) is 5.32 Å². The van der Waals surface area contributed by atoms with Gasteiger partial charge in [0.2, 0.25) is 5.91 Å². The van der Waals surface area contributed by atoms with Crippen LogP contribution in [0, 0.1) is 0 Å². The van der Waals surface area contributed by atoms with Crippen molar-refractivity contribution in [3.05, 3.63) is 108 Å². The Hall–Kier alpha value is -3.92. The molecule has 0 aliphatic rings. The van der Waals surface area contributed by atoms with Gasteiger partial charge in [0.05, 0.1) is 0 Å². The van der Waals surface area contributed by atoms with Gasteiger partial charge in [-0.3, -0.25) is 9.59 Å². The van der Waals surface area contributed by atoms with Crippen LogP contribution in [0.1, 0.15) is 15.9 Å². The Kier molecular flexibility index (Phi) is 5.57. The lowest BCUT2D eigenvalue weighted by molar-refractivity contribution is -0.119. The van der Waals surface area contributed by atoms with Gasteiger partial charge in [-0.05, 0) is 39.6 Å². The molecule has 0 aliphatic heterocycles. The molecule has 30 heavy (non-hydrogen) atoms. The molecule has 0 aromatic heterocycles. The molecule has 0 spiro atoms. The van der Waals surface area contributed by atoms with Crippen molar-refractivity contribution in [2.45, 2.75) is 12.5 Å². The highest BCUT2D eigenvalue weighted by Crippen LogP contribution is 2.21. The van der Waals surface area contributed by atoms with E-state index in [1.807, 2.05) is 84.9 Å². The van der Waals surface area contributed by atoms with Gasteiger partial charge >= 0.3 is 0 Å². The first-order chi connectivity index (χ1) is 14.6. The van der Waals surface area contributed by atoms with Crippen LogP contribution in [0.4, 0.5) is 0 Å². The SMILES string of the molecule is NC(=O)[C@H](Cc1cccc2ccccc12)NC(=O)c1ccc(-c2ccccc2)cc1. The molecular formula is C26H22N2O2. The summed E-state index contributed by atoms with van der Waals surface area (Å²) >= 11 is 0. The van der Waals surface area contributed by atoms with Crippen molar-refractivity contribution < 1.29 is 9.59 Å². The van der Waals surface area contributed by atoms with Crippen molar-refractivity contribution in [1.29, 1.82) is 0 Å². The van der Waals surface area contributed by atoms with Crippen LogP contribution >= 0.6 is 0 Å². The molecule has 2 amide bonds. The lowest BCUT2D eigenvalue weighted by atomic mass is 9.98. The maximum atomic E-state index is 12.7. The lowest BCUT2D eigenvalue weighted by Crippen LogP contribution is -2.45. The van der Waals surface area contributed by atoms with Crippen molar-refractivity contribution >= 4 is 22.6 Å². The third-order valence-electron chi connectivity index (χ3n) is 5.21. The lowest BCUT2D eigenvalue weighted by Gasteiger charge is -2.17. The predicted octanol–water partition coefficient (Wildman–Crippen LogP) is 4.33. The van der Waals surface area contributed by atoms with E-state index in [0.29, 0.717) is 12.0 Å². The Bertz CT molecular complexity index is 1180. The van der Waals surface area contributed by atoms with Crippen LogP contribution < -0.4 is 11.1 Å². The topological polar surface area (TPSA) is 72.2 Å². The third kappa shape index (κ3) is 4.23. The van der Waals surface area contributed by atoms with Crippen molar-refractivity contribution in [2.75, 3.05) is 0 Å². The molecule has 4 aromatic carbocycles. The van der Waals surface area contributed by atoms with Crippen LogP contribution in [0.25, 0.3) is 21.9 Å². The molecule has 0 heterocycles. The monoisotopic (exact) mass is 394 g/mol. The standard InChI is InChI=1S/C26H22N2O2/c27-25(29)24(17-22-11-6-10-20-9-4-5-12-23(20)22)28-26(30)21-15-13-19(14-16-21)18-7-2-1-3-8-18/h1-16,24H,17H2,(H2,27,29)(H,28,30)/t24-/m0/s1. The number of fused-ring (bicyclic) bond motifs is 1. The number of carbonyl (C=O) groups excluding carboxylic acids is 2.